The van der Waals surface area contributed by atoms with Crippen LogP contribution in [0.4, 0.5) is 0 Å². The van der Waals surface area contributed by atoms with E-state index < -0.39 is 22.6 Å². The molecular weight excluding hydrogens is 296 g/mol. The van der Waals surface area contributed by atoms with Crippen molar-refractivity contribution in [1.82, 2.24) is 0 Å². The minimum Gasteiger partial charge on any atom is -0.453 e. The molecule has 0 saturated heterocycles. The second kappa shape index (κ2) is 8.68. The maximum atomic E-state index is 11.1. The molecular formula is C12H26O6Si2. The molecule has 0 atom stereocenters. The van der Waals surface area contributed by atoms with Crippen molar-refractivity contribution in [2.75, 3.05) is 26.4 Å². The highest BCUT2D eigenvalue weighted by molar-refractivity contribution is 6.84. The van der Waals surface area contributed by atoms with E-state index in [1.807, 2.05) is 0 Å². The number of ether oxygens (including phenoxy) is 3. The first-order chi connectivity index (χ1) is 9.08. The lowest BCUT2D eigenvalue weighted by atomic mass is 10.3. The number of hydrogen-bond acceptors (Lipinski definition) is 6. The standard InChI is InChI=1S/C12H26O6Si2/c1-11(13)7-12(14)17-8-16-10-20(5,6)18-19(3,4)9-15-2/h7-10H2,1-6H3. The molecule has 20 heavy (non-hydrogen) atoms. The van der Waals surface area contributed by atoms with Crippen LogP contribution in [-0.4, -0.2) is 54.8 Å². The van der Waals surface area contributed by atoms with E-state index in [-0.39, 0.29) is 19.0 Å². The number of methoxy groups -OCH3 is 1. The van der Waals surface area contributed by atoms with E-state index in [1.54, 1.807) is 7.11 Å². The van der Waals surface area contributed by atoms with E-state index >= 15 is 0 Å². The van der Waals surface area contributed by atoms with E-state index in [9.17, 15) is 9.59 Å². The summed E-state index contributed by atoms with van der Waals surface area (Å²) >= 11 is 0. The highest BCUT2D eigenvalue weighted by Gasteiger charge is 2.33. The van der Waals surface area contributed by atoms with Gasteiger partial charge in [0.2, 0.25) is 0 Å². The molecule has 118 valence electrons. The zero-order chi connectivity index (χ0) is 15.8. The van der Waals surface area contributed by atoms with Gasteiger partial charge in [0.1, 0.15) is 12.2 Å². The molecule has 0 unspecified atom stereocenters. The largest absolute Gasteiger partial charge is 0.453 e. The lowest BCUT2D eigenvalue weighted by molar-refractivity contribution is -0.156. The second-order valence-corrected chi connectivity index (χ2v) is 14.3. The van der Waals surface area contributed by atoms with Gasteiger partial charge >= 0.3 is 5.97 Å². The van der Waals surface area contributed by atoms with Crippen molar-refractivity contribution in [3.8, 4) is 0 Å². The third-order valence-corrected chi connectivity index (χ3v) is 8.49. The summed E-state index contributed by atoms with van der Waals surface area (Å²) in [5, 5.41) is 0. The molecule has 0 bridgehead atoms. The Morgan fingerprint density at radius 3 is 2.05 bits per heavy atom. The molecule has 0 rings (SSSR count). The van der Waals surface area contributed by atoms with Crippen LogP contribution in [0.15, 0.2) is 0 Å². The van der Waals surface area contributed by atoms with Gasteiger partial charge in [0.05, 0.1) is 12.5 Å². The van der Waals surface area contributed by atoms with Gasteiger partial charge in [-0.3, -0.25) is 9.59 Å². The number of ketones is 1. The Balaban J connectivity index is 3.99. The average molecular weight is 323 g/mol. The van der Waals surface area contributed by atoms with E-state index in [2.05, 4.69) is 26.2 Å². The Kier molecular flexibility index (Phi) is 8.44. The number of hydrogen-bond donors (Lipinski definition) is 0. The van der Waals surface area contributed by atoms with Crippen LogP contribution >= 0.6 is 0 Å². The van der Waals surface area contributed by atoms with Crippen LogP contribution in [0.3, 0.4) is 0 Å². The lowest BCUT2D eigenvalue weighted by Gasteiger charge is -2.33. The highest BCUT2D eigenvalue weighted by atomic mass is 28.4. The van der Waals surface area contributed by atoms with Crippen LogP contribution in [0.5, 0.6) is 0 Å². The summed E-state index contributed by atoms with van der Waals surface area (Å²) in [6, 6.07) is 0. The third-order valence-electron chi connectivity index (χ3n) is 2.19. The van der Waals surface area contributed by atoms with Crippen LogP contribution in [0.2, 0.25) is 26.2 Å². The average Bonchev–Trinajstić information content (AvgIpc) is 2.21. The summed E-state index contributed by atoms with van der Waals surface area (Å²) in [5.74, 6) is -0.785. The predicted molar refractivity (Wildman–Crippen MR) is 80.1 cm³/mol. The molecule has 0 radical (unpaired) electrons. The van der Waals surface area contributed by atoms with Crippen molar-refractivity contribution in [1.29, 1.82) is 0 Å². The SMILES string of the molecule is COC[Si](C)(C)O[Si](C)(C)COCOC(=O)CC(C)=O. The first-order valence-electron chi connectivity index (χ1n) is 6.50. The van der Waals surface area contributed by atoms with Gasteiger partial charge in [0.25, 0.3) is 0 Å². The van der Waals surface area contributed by atoms with Crippen molar-refractivity contribution in [2.45, 2.75) is 39.5 Å². The minimum absolute atomic E-state index is 0.141. The molecule has 0 aromatic rings. The molecule has 0 heterocycles. The molecule has 6 nitrogen and oxygen atoms in total. The maximum absolute atomic E-state index is 11.1. The molecule has 0 saturated carbocycles. The zero-order valence-electron chi connectivity index (χ0n) is 13.3. The molecule has 0 aliphatic heterocycles. The van der Waals surface area contributed by atoms with E-state index in [4.69, 9.17) is 18.3 Å². The molecule has 0 aromatic heterocycles. The Hall–Kier alpha value is -0.546. The molecule has 0 amide bonds. The van der Waals surface area contributed by atoms with Crippen LogP contribution in [0.1, 0.15) is 13.3 Å². The molecule has 8 heteroatoms. The van der Waals surface area contributed by atoms with Gasteiger partial charge in [-0.1, -0.05) is 0 Å². The fourth-order valence-corrected chi connectivity index (χ4v) is 9.53. The number of esters is 1. The summed E-state index contributed by atoms with van der Waals surface area (Å²) < 4.78 is 21.5. The van der Waals surface area contributed by atoms with Crippen LogP contribution in [0, 0.1) is 0 Å². The summed E-state index contributed by atoms with van der Waals surface area (Å²) in [4.78, 5) is 21.8. The molecule has 0 aromatic carbocycles. The van der Waals surface area contributed by atoms with Crippen molar-refractivity contribution >= 4 is 28.4 Å². The van der Waals surface area contributed by atoms with Crippen molar-refractivity contribution in [3.05, 3.63) is 0 Å². The van der Waals surface area contributed by atoms with Gasteiger partial charge in [0, 0.05) is 7.11 Å². The van der Waals surface area contributed by atoms with Gasteiger partial charge in [-0.25, -0.2) is 0 Å². The number of Topliss-reactive ketones (excluding diaryl/α,β-unsaturated/α-hetero) is 1. The quantitative estimate of drug-likeness (QED) is 0.200. The summed E-state index contributed by atoms with van der Waals surface area (Å²) in [7, 11) is -2.15. The van der Waals surface area contributed by atoms with E-state index in [1.165, 1.54) is 6.92 Å². The summed E-state index contributed by atoms with van der Waals surface area (Å²) in [6.45, 7) is 9.49. The van der Waals surface area contributed by atoms with Crippen LogP contribution in [-0.2, 0) is 27.9 Å². The Morgan fingerprint density at radius 1 is 1.00 bits per heavy atom. The zero-order valence-corrected chi connectivity index (χ0v) is 15.3. The third kappa shape index (κ3) is 10.3. The fraction of sp³-hybridized carbons (Fsp3) is 0.833. The van der Waals surface area contributed by atoms with Crippen LogP contribution < -0.4 is 0 Å². The van der Waals surface area contributed by atoms with Gasteiger partial charge in [-0.2, -0.15) is 0 Å². The lowest BCUT2D eigenvalue weighted by Crippen LogP contribution is -2.50. The molecule has 0 spiro atoms. The summed E-state index contributed by atoms with van der Waals surface area (Å²) in [5.41, 5.74) is 0. The molecule has 0 aliphatic rings. The Bertz CT molecular complexity index is 330. The van der Waals surface area contributed by atoms with Gasteiger partial charge < -0.3 is 18.3 Å². The van der Waals surface area contributed by atoms with E-state index in [0.29, 0.717) is 12.5 Å². The molecule has 0 aliphatic carbocycles. The summed E-state index contributed by atoms with van der Waals surface area (Å²) in [6.07, 6.45) is 0.853. The first kappa shape index (κ1) is 19.5. The van der Waals surface area contributed by atoms with Crippen LogP contribution in [0.25, 0.3) is 0 Å². The monoisotopic (exact) mass is 322 g/mol. The van der Waals surface area contributed by atoms with E-state index in [0.717, 1.165) is 0 Å². The van der Waals surface area contributed by atoms with Gasteiger partial charge in [-0.05, 0) is 33.1 Å². The smallest absolute Gasteiger partial charge is 0.315 e. The van der Waals surface area contributed by atoms with Crippen molar-refractivity contribution < 1.29 is 27.9 Å². The molecule has 0 N–H and O–H groups in total. The maximum Gasteiger partial charge on any atom is 0.315 e. The normalized spacial score (nSPS) is 12.3. The topological polar surface area (TPSA) is 71.1 Å². The number of rotatable bonds is 10. The van der Waals surface area contributed by atoms with Crippen molar-refractivity contribution in [3.63, 3.8) is 0 Å². The first-order valence-corrected chi connectivity index (χ1v) is 12.7. The number of carbonyl (C=O) groups is 2. The second-order valence-electron chi connectivity index (χ2n) is 5.92. The minimum atomic E-state index is -1.98. The number of carbonyl (C=O) groups excluding carboxylic acids is 2. The predicted octanol–water partition coefficient (Wildman–Crippen LogP) is 1.63. The van der Waals surface area contributed by atoms with Gasteiger partial charge in [-0.15, -0.1) is 0 Å². The van der Waals surface area contributed by atoms with Crippen molar-refractivity contribution in [2.24, 2.45) is 0 Å². The Labute approximate surface area is 123 Å². The Morgan fingerprint density at radius 2 is 1.55 bits per heavy atom. The fourth-order valence-electron chi connectivity index (χ4n) is 1.80. The molecule has 0 fully saturated rings. The van der Waals surface area contributed by atoms with Gasteiger partial charge in [0.15, 0.2) is 23.4 Å². The highest BCUT2D eigenvalue weighted by Crippen LogP contribution is 2.15.